The number of sulfonamides is 1. The Bertz CT molecular complexity index is 502. The van der Waals surface area contributed by atoms with Crippen LogP contribution in [0.2, 0.25) is 0 Å². The highest BCUT2D eigenvalue weighted by molar-refractivity contribution is 9.10. The van der Waals surface area contributed by atoms with Crippen LogP contribution in [-0.4, -0.2) is 20.3 Å². The minimum atomic E-state index is -4.33. The van der Waals surface area contributed by atoms with Crippen LogP contribution in [0.15, 0.2) is 28.7 Å². The fourth-order valence-electron chi connectivity index (χ4n) is 1.23. The smallest absolute Gasteiger partial charge is 0.282 e. The van der Waals surface area contributed by atoms with Crippen molar-refractivity contribution in [3.63, 3.8) is 0 Å². The minimum absolute atomic E-state index is 0.310. The third-order valence-electron chi connectivity index (χ3n) is 2.01. The summed E-state index contributed by atoms with van der Waals surface area (Å²) in [5.41, 5.74) is 0.310. The zero-order chi connectivity index (χ0) is 13.8. The standard InChI is InChI=1S/C10H11BrF3NO2S/c11-8-4-1-2-5-9(8)15-18(16,17)7-3-6-10(12,13)14/h1-2,4-5,15H,3,6-7H2. The molecule has 0 atom stereocenters. The van der Waals surface area contributed by atoms with Gasteiger partial charge < -0.3 is 0 Å². The molecule has 1 aromatic rings. The first-order valence-electron chi connectivity index (χ1n) is 5.01. The Morgan fingerprint density at radius 2 is 1.83 bits per heavy atom. The van der Waals surface area contributed by atoms with Gasteiger partial charge in [0.1, 0.15) is 0 Å². The summed E-state index contributed by atoms with van der Waals surface area (Å²) in [4.78, 5) is 0. The Morgan fingerprint density at radius 1 is 1.22 bits per heavy atom. The summed E-state index contributed by atoms with van der Waals surface area (Å²) in [6.07, 6.45) is -5.89. The quantitative estimate of drug-likeness (QED) is 0.887. The van der Waals surface area contributed by atoms with Gasteiger partial charge in [0.15, 0.2) is 0 Å². The molecule has 0 aliphatic heterocycles. The molecule has 0 unspecified atom stereocenters. The van der Waals surface area contributed by atoms with E-state index in [1.165, 1.54) is 6.07 Å². The zero-order valence-electron chi connectivity index (χ0n) is 9.17. The van der Waals surface area contributed by atoms with Gasteiger partial charge in [-0.05, 0) is 34.5 Å². The fourth-order valence-corrected chi connectivity index (χ4v) is 2.88. The van der Waals surface area contributed by atoms with E-state index in [1.807, 2.05) is 0 Å². The maximum atomic E-state index is 11.9. The van der Waals surface area contributed by atoms with Crippen molar-refractivity contribution in [2.24, 2.45) is 0 Å². The first-order valence-corrected chi connectivity index (χ1v) is 7.46. The molecule has 0 saturated carbocycles. The van der Waals surface area contributed by atoms with Crippen LogP contribution in [0.1, 0.15) is 12.8 Å². The summed E-state index contributed by atoms with van der Waals surface area (Å²) in [6.45, 7) is 0. The van der Waals surface area contributed by atoms with Crippen LogP contribution < -0.4 is 4.72 Å². The topological polar surface area (TPSA) is 46.2 Å². The molecule has 1 rings (SSSR count). The molecule has 102 valence electrons. The minimum Gasteiger partial charge on any atom is -0.282 e. The van der Waals surface area contributed by atoms with Gasteiger partial charge in [-0.2, -0.15) is 13.2 Å². The lowest BCUT2D eigenvalue weighted by Crippen LogP contribution is -2.19. The average Bonchev–Trinajstić information content (AvgIpc) is 2.18. The number of anilines is 1. The van der Waals surface area contributed by atoms with Crippen molar-refractivity contribution in [2.45, 2.75) is 19.0 Å². The molecule has 8 heteroatoms. The Balaban J connectivity index is 2.58. The highest BCUT2D eigenvalue weighted by Gasteiger charge is 2.27. The van der Waals surface area contributed by atoms with Crippen molar-refractivity contribution in [2.75, 3.05) is 10.5 Å². The van der Waals surface area contributed by atoms with Gasteiger partial charge in [0.05, 0.1) is 11.4 Å². The van der Waals surface area contributed by atoms with Crippen LogP contribution in [0, 0.1) is 0 Å². The van der Waals surface area contributed by atoms with Crippen LogP contribution in [0.5, 0.6) is 0 Å². The second kappa shape index (κ2) is 5.92. The normalized spacial score (nSPS) is 12.4. The maximum absolute atomic E-state index is 11.9. The summed E-state index contributed by atoms with van der Waals surface area (Å²) in [6, 6.07) is 6.48. The SMILES string of the molecule is O=S(=O)(CCCC(F)(F)F)Nc1ccccc1Br. The van der Waals surface area contributed by atoms with Gasteiger partial charge >= 0.3 is 6.18 Å². The molecule has 0 spiro atoms. The van der Waals surface area contributed by atoms with Crippen molar-refractivity contribution in [1.82, 2.24) is 0 Å². The lowest BCUT2D eigenvalue weighted by Gasteiger charge is -2.10. The molecule has 0 bridgehead atoms. The highest BCUT2D eigenvalue weighted by atomic mass is 79.9. The van der Waals surface area contributed by atoms with Crippen molar-refractivity contribution < 1.29 is 21.6 Å². The van der Waals surface area contributed by atoms with Gasteiger partial charge in [-0.1, -0.05) is 12.1 Å². The summed E-state index contributed by atoms with van der Waals surface area (Å²) in [5, 5.41) is 0. The average molecular weight is 346 g/mol. The van der Waals surface area contributed by atoms with Crippen LogP contribution in [0.3, 0.4) is 0 Å². The Hall–Kier alpha value is -0.760. The maximum Gasteiger partial charge on any atom is 0.389 e. The number of halogens is 4. The van der Waals surface area contributed by atoms with Gasteiger partial charge in [0.2, 0.25) is 10.0 Å². The monoisotopic (exact) mass is 345 g/mol. The van der Waals surface area contributed by atoms with E-state index in [9.17, 15) is 21.6 Å². The number of para-hydroxylation sites is 1. The number of hydrogen-bond acceptors (Lipinski definition) is 2. The summed E-state index contributed by atoms with van der Waals surface area (Å²) in [7, 11) is -3.76. The Morgan fingerprint density at radius 3 is 2.39 bits per heavy atom. The number of alkyl halides is 3. The van der Waals surface area contributed by atoms with E-state index in [4.69, 9.17) is 0 Å². The van der Waals surface area contributed by atoms with E-state index >= 15 is 0 Å². The van der Waals surface area contributed by atoms with Gasteiger partial charge in [0, 0.05) is 10.9 Å². The van der Waals surface area contributed by atoms with E-state index in [0.29, 0.717) is 10.2 Å². The Labute approximate surface area is 112 Å². The third kappa shape index (κ3) is 5.72. The molecule has 0 fully saturated rings. The van der Waals surface area contributed by atoms with Crippen LogP contribution >= 0.6 is 15.9 Å². The van der Waals surface area contributed by atoms with Crippen molar-refractivity contribution in [3.05, 3.63) is 28.7 Å². The molecule has 0 saturated heterocycles. The number of hydrogen-bond donors (Lipinski definition) is 1. The predicted octanol–water partition coefficient (Wildman–Crippen LogP) is 3.53. The molecule has 0 heterocycles. The molecule has 1 aromatic carbocycles. The molecule has 3 nitrogen and oxygen atoms in total. The summed E-state index contributed by atoms with van der Waals surface area (Å²) >= 11 is 3.14. The fraction of sp³-hybridized carbons (Fsp3) is 0.400. The molecule has 1 N–H and O–H groups in total. The number of benzene rings is 1. The Kier molecular flexibility index (Phi) is 5.03. The van der Waals surface area contributed by atoms with Gasteiger partial charge in [0.25, 0.3) is 0 Å². The number of nitrogens with one attached hydrogen (secondary N) is 1. The molecule has 0 aromatic heterocycles. The molecular formula is C10H11BrF3NO2S. The van der Waals surface area contributed by atoms with E-state index < -0.39 is 34.8 Å². The summed E-state index contributed by atoms with van der Waals surface area (Å²) < 4.78 is 61.5. The lowest BCUT2D eigenvalue weighted by atomic mass is 10.3. The molecule has 0 radical (unpaired) electrons. The third-order valence-corrected chi connectivity index (χ3v) is 4.06. The van der Waals surface area contributed by atoms with E-state index in [1.54, 1.807) is 18.2 Å². The second-order valence-corrected chi connectivity index (χ2v) is 6.32. The molecule has 0 amide bonds. The van der Waals surface area contributed by atoms with Crippen LogP contribution in [-0.2, 0) is 10.0 Å². The van der Waals surface area contributed by atoms with Crippen LogP contribution in [0.4, 0.5) is 18.9 Å². The first kappa shape index (κ1) is 15.3. The van der Waals surface area contributed by atoms with Gasteiger partial charge in [-0.25, -0.2) is 8.42 Å². The largest absolute Gasteiger partial charge is 0.389 e. The lowest BCUT2D eigenvalue weighted by molar-refractivity contribution is -0.134. The van der Waals surface area contributed by atoms with Crippen molar-refractivity contribution >= 4 is 31.6 Å². The molecule has 0 aliphatic rings. The molecule has 0 aliphatic carbocycles. The second-order valence-electron chi connectivity index (χ2n) is 3.62. The highest BCUT2D eigenvalue weighted by Crippen LogP contribution is 2.24. The molecule has 18 heavy (non-hydrogen) atoms. The van der Waals surface area contributed by atoms with E-state index in [0.717, 1.165) is 0 Å². The first-order chi connectivity index (χ1) is 8.20. The van der Waals surface area contributed by atoms with E-state index in [2.05, 4.69) is 20.7 Å². The molecular weight excluding hydrogens is 335 g/mol. The zero-order valence-corrected chi connectivity index (χ0v) is 11.6. The van der Waals surface area contributed by atoms with Crippen molar-refractivity contribution in [3.8, 4) is 0 Å². The number of rotatable bonds is 5. The summed E-state index contributed by atoms with van der Waals surface area (Å²) in [5.74, 6) is -0.562. The van der Waals surface area contributed by atoms with Gasteiger partial charge in [-0.3, -0.25) is 4.72 Å². The van der Waals surface area contributed by atoms with Crippen LogP contribution in [0.25, 0.3) is 0 Å². The van der Waals surface area contributed by atoms with E-state index in [-0.39, 0.29) is 0 Å². The predicted molar refractivity (Wildman–Crippen MR) is 66.8 cm³/mol. The van der Waals surface area contributed by atoms with Crippen molar-refractivity contribution in [1.29, 1.82) is 0 Å². The van der Waals surface area contributed by atoms with Gasteiger partial charge in [-0.15, -0.1) is 0 Å².